The minimum atomic E-state index is -0.461. The Morgan fingerprint density at radius 3 is 2.77 bits per heavy atom. The third-order valence-electron chi connectivity index (χ3n) is 3.55. The summed E-state index contributed by atoms with van der Waals surface area (Å²) in [6.07, 6.45) is 1.49. The molecule has 1 atom stereocenters. The third-order valence-corrected chi connectivity index (χ3v) is 3.55. The first-order valence-electron chi connectivity index (χ1n) is 7.15. The second-order valence-corrected chi connectivity index (χ2v) is 5.37. The Morgan fingerprint density at radius 1 is 1.45 bits per heavy atom. The van der Waals surface area contributed by atoms with Crippen molar-refractivity contribution in [3.63, 3.8) is 0 Å². The molecule has 2 aromatic rings. The molecule has 0 saturated heterocycles. The molecule has 1 unspecified atom stereocenters. The summed E-state index contributed by atoms with van der Waals surface area (Å²) < 4.78 is 15.3. The van der Waals surface area contributed by atoms with Crippen LogP contribution in [-0.4, -0.2) is 45.4 Å². The number of halogens is 1. The molecule has 0 bridgehead atoms. The molecule has 5 nitrogen and oxygen atoms in total. The lowest BCUT2D eigenvalue weighted by Gasteiger charge is -2.17. The maximum absolute atomic E-state index is 13.8. The third kappa shape index (κ3) is 3.33. The van der Waals surface area contributed by atoms with E-state index in [0.717, 1.165) is 0 Å². The Morgan fingerprint density at radius 2 is 2.14 bits per heavy atom. The Hall–Kier alpha value is -2.21. The van der Waals surface area contributed by atoms with Gasteiger partial charge in [0.05, 0.1) is 23.6 Å². The Bertz CT molecular complexity index is 667. The van der Waals surface area contributed by atoms with Gasteiger partial charge < -0.3 is 10.0 Å². The molecule has 0 spiro atoms. The molecule has 0 aliphatic heterocycles. The Kier molecular flexibility index (Phi) is 4.92. The molecule has 2 rings (SSSR count). The smallest absolute Gasteiger partial charge is 0.257 e. The molecule has 0 saturated carbocycles. The molecule has 22 heavy (non-hydrogen) atoms. The van der Waals surface area contributed by atoms with Crippen molar-refractivity contribution < 1.29 is 14.3 Å². The molecular weight excluding hydrogens is 285 g/mol. The molecule has 118 valence electrons. The highest BCUT2D eigenvalue weighted by Gasteiger charge is 2.19. The number of carbonyl (C=O) groups is 1. The second kappa shape index (κ2) is 6.70. The number of rotatable bonds is 5. The van der Waals surface area contributed by atoms with Crippen molar-refractivity contribution in [1.29, 1.82) is 0 Å². The van der Waals surface area contributed by atoms with Crippen LogP contribution in [0.4, 0.5) is 4.39 Å². The molecule has 1 heterocycles. The van der Waals surface area contributed by atoms with Gasteiger partial charge in [0.2, 0.25) is 0 Å². The van der Waals surface area contributed by atoms with Crippen LogP contribution in [0.5, 0.6) is 0 Å². The van der Waals surface area contributed by atoms with Gasteiger partial charge in [-0.3, -0.25) is 4.79 Å². The minimum Gasteiger partial charge on any atom is -0.393 e. The highest BCUT2D eigenvalue weighted by Crippen LogP contribution is 2.18. The summed E-state index contributed by atoms with van der Waals surface area (Å²) in [6.45, 7) is 3.86. The van der Waals surface area contributed by atoms with Crippen LogP contribution in [0.25, 0.3) is 5.69 Å². The second-order valence-electron chi connectivity index (χ2n) is 5.37. The van der Waals surface area contributed by atoms with Crippen LogP contribution >= 0.6 is 0 Å². The summed E-state index contributed by atoms with van der Waals surface area (Å²) in [5, 5.41) is 13.4. The number of benzene rings is 1. The molecule has 1 N–H and O–H groups in total. The van der Waals surface area contributed by atoms with Crippen molar-refractivity contribution >= 4 is 5.91 Å². The summed E-state index contributed by atoms with van der Waals surface area (Å²) in [5.74, 6) is -0.587. The number of carbonyl (C=O) groups excluding carboxylic acids is 1. The van der Waals surface area contributed by atoms with E-state index >= 15 is 0 Å². The number of hydrogen-bond donors (Lipinski definition) is 1. The lowest BCUT2D eigenvalue weighted by atomic mass is 10.2. The van der Waals surface area contributed by atoms with E-state index in [1.54, 1.807) is 39.1 Å². The maximum atomic E-state index is 13.8. The van der Waals surface area contributed by atoms with E-state index in [2.05, 4.69) is 5.10 Å². The van der Waals surface area contributed by atoms with Crippen molar-refractivity contribution in [1.82, 2.24) is 14.7 Å². The fourth-order valence-corrected chi connectivity index (χ4v) is 2.17. The minimum absolute atomic E-state index is 0.194. The topological polar surface area (TPSA) is 58.4 Å². The molecular formula is C16H20FN3O2. The predicted octanol–water partition coefficient (Wildman–Crippen LogP) is 2.16. The normalized spacial score (nSPS) is 12.2. The van der Waals surface area contributed by atoms with Gasteiger partial charge in [-0.1, -0.05) is 12.1 Å². The molecule has 0 fully saturated rings. The van der Waals surface area contributed by atoms with Crippen LogP contribution < -0.4 is 0 Å². The van der Waals surface area contributed by atoms with E-state index in [-0.39, 0.29) is 5.91 Å². The zero-order chi connectivity index (χ0) is 16.3. The van der Waals surface area contributed by atoms with Gasteiger partial charge in [0.1, 0.15) is 11.5 Å². The summed E-state index contributed by atoms with van der Waals surface area (Å²) in [6, 6.07) is 6.29. The van der Waals surface area contributed by atoms with Crippen molar-refractivity contribution in [2.45, 2.75) is 26.4 Å². The van der Waals surface area contributed by atoms with E-state index in [4.69, 9.17) is 0 Å². The van der Waals surface area contributed by atoms with E-state index in [1.165, 1.54) is 21.8 Å². The van der Waals surface area contributed by atoms with Gasteiger partial charge in [0, 0.05) is 13.6 Å². The highest BCUT2D eigenvalue weighted by molar-refractivity contribution is 5.95. The maximum Gasteiger partial charge on any atom is 0.257 e. The summed E-state index contributed by atoms with van der Waals surface area (Å²) in [7, 11) is 1.67. The standard InChI is InChI=1S/C16H20FN3O2/c1-11(21)8-9-19(3)16(22)13-10-18-20(12(13)2)15-7-5-4-6-14(15)17/h4-7,10-11,21H,8-9H2,1-3H3. The largest absolute Gasteiger partial charge is 0.393 e. The monoisotopic (exact) mass is 305 g/mol. The van der Waals surface area contributed by atoms with E-state index < -0.39 is 11.9 Å². The van der Waals surface area contributed by atoms with Crippen LogP contribution in [-0.2, 0) is 0 Å². The highest BCUT2D eigenvalue weighted by atomic mass is 19.1. The zero-order valence-corrected chi connectivity index (χ0v) is 13.0. The number of nitrogens with zero attached hydrogens (tertiary/aromatic N) is 3. The summed E-state index contributed by atoms with van der Waals surface area (Å²) in [4.78, 5) is 13.9. The van der Waals surface area contributed by atoms with E-state index in [1.807, 2.05) is 0 Å². The number of amides is 1. The van der Waals surface area contributed by atoms with E-state index in [0.29, 0.717) is 29.9 Å². The zero-order valence-electron chi connectivity index (χ0n) is 13.0. The van der Waals surface area contributed by atoms with Gasteiger partial charge in [-0.05, 0) is 32.4 Å². The van der Waals surface area contributed by atoms with Crippen LogP contribution in [0.3, 0.4) is 0 Å². The Balaban J connectivity index is 2.24. The molecule has 1 aromatic carbocycles. The average Bonchev–Trinajstić information content (AvgIpc) is 2.86. The number of aliphatic hydroxyl groups excluding tert-OH is 1. The van der Waals surface area contributed by atoms with Gasteiger partial charge in [0.25, 0.3) is 5.91 Å². The van der Waals surface area contributed by atoms with Gasteiger partial charge >= 0.3 is 0 Å². The number of hydrogen-bond acceptors (Lipinski definition) is 3. The van der Waals surface area contributed by atoms with Crippen LogP contribution in [0.2, 0.25) is 0 Å². The predicted molar refractivity (Wildman–Crippen MR) is 81.5 cm³/mol. The fraction of sp³-hybridized carbons (Fsp3) is 0.375. The molecule has 0 radical (unpaired) electrons. The SMILES string of the molecule is Cc1c(C(=O)N(C)CCC(C)O)cnn1-c1ccccc1F. The first-order chi connectivity index (χ1) is 10.4. The molecule has 1 aromatic heterocycles. The number of para-hydroxylation sites is 1. The lowest BCUT2D eigenvalue weighted by molar-refractivity contribution is 0.0768. The number of aromatic nitrogens is 2. The first-order valence-corrected chi connectivity index (χ1v) is 7.15. The molecule has 1 amide bonds. The van der Waals surface area contributed by atoms with Gasteiger partial charge in [-0.2, -0.15) is 5.10 Å². The van der Waals surface area contributed by atoms with Gasteiger partial charge in [0.15, 0.2) is 0 Å². The molecule has 0 aliphatic rings. The van der Waals surface area contributed by atoms with Crippen LogP contribution in [0.1, 0.15) is 29.4 Å². The Labute approximate surface area is 129 Å². The van der Waals surface area contributed by atoms with Crippen molar-refractivity contribution in [2.24, 2.45) is 0 Å². The quantitative estimate of drug-likeness (QED) is 0.921. The summed E-state index contributed by atoms with van der Waals surface area (Å²) in [5.41, 5.74) is 1.32. The van der Waals surface area contributed by atoms with Crippen molar-refractivity contribution in [2.75, 3.05) is 13.6 Å². The molecule has 0 aliphatic carbocycles. The van der Waals surface area contributed by atoms with Crippen molar-refractivity contribution in [3.05, 3.63) is 47.5 Å². The van der Waals surface area contributed by atoms with Crippen LogP contribution in [0, 0.1) is 12.7 Å². The van der Waals surface area contributed by atoms with E-state index in [9.17, 15) is 14.3 Å². The number of aliphatic hydroxyl groups is 1. The fourth-order valence-electron chi connectivity index (χ4n) is 2.17. The van der Waals surface area contributed by atoms with Crippen molar-refractivity contribution in [3.8, 4) is 5.69 Å². The van der Waals surface area contributed by atoms with Gasteiger partial charge in [-0.15, -0.1) is 0 Å². The average molecular weight is 305 g/mol. The van der Waals surface area contributed by atoms with Crippen LogP contribution in [0.15, 0.2) is 30.5 Å². The lowest BCUT2D eigenvalue weighted by Crippen LogP contribution is -2.29. The molecule has 6 heteroatoms. The van der Waals surface area contributed by atoms with Gasteiger partial charge in [-0.25, -0.2) is 9.07 Å². The summed E-state index contributed by atoms with van der Waals surface area (Å²) >= 11 is 0. The first kappa shape index (κ1) is 16.2.